The van der Waals surface area contributed by atoms with Crippen LogP contribution in [0.2, 0.25) is 0 Å². The molecule has 4 unspecified atom stereocenters. The summed E-state index contributed by atoms with van der Waals surface area (Å²) < 4.78 is 1.51. The first-order valence-electron chi connectivity index (χ1n) is 29.5. The third-order valence-corrected chi connectivity index (χ3v) is 15.7. The molecule has 2 aromatic heterocycles. The first-order valence-corrected chi connectivity index (χ1v) is 29.5. The molecule has 0 saturated heterocycles. The summed E-state index contributed by atoms with van der Waals surface area (Å²) in [7, 11) is 0. The van der Waals surface area contributed by atoms with Crippen LogP contribution in [0.3, 0.4) is 0 Å². The van der Waals surface area contributed by atoms with Crippen molar-refractivity contribution < 1.29 is 29.4 Å². The number of amides is 4. The normalized spacial score (nSPS) is 13.2. The number of azo groups is 2. The number of pyridine rings is 2. The first-order chi connectivity index (χ1) is 38.3. The van der Waals surface area contributed by atoms with Crippen molar-refractivity contribution in [3.05, 3.63) is 103 Å². The lowest BCUT2D eigenvalue weighted by molar-refractivity contribution is 0.0678. The minimum Gasteiger partial charge on any atom is -0.494 e. The molecule has 2 aromatic carbocycles. The van der Waals surface area contributed by atoms with Crippen LogP contribution in [0, 0.1) is 37.5 Å². The van der Waals surface area contributed by atoms with Crippen molar-refractivity contribution in [3.8, 4) is 11.8 Å². The van der Waals surface area contributed by atoms with E-state index in [-0.39, 0.29) is 45.7 Å². The summed E-state index contributed by atoms with van der Waals surface area (Å²) in [6, 6.07) is 13.2. The van der Waals surface area contributed by atoms with Gasteiger partial charge in [0, 0.05) is 61.5 Å². The Morgan fingerprint density at radius 2 is 0.800 bits per heavy atom. The first kappa shape index (κ1) is 65.5. The highest BCUT2D eigenvalue weighted by atomic mass is 16.3. The van der Waals surface area contributed by atoms with Gasteiger partial charge in [0.2, 0.25) is 11.8 Å². The Morgan fingerprint density at radius 3 is 1.06 bits per heavy atom. The molecule has 0 saturated carbocycles. The van der Waals surface area contributed by atoms with E-state index in [2.05, 4.69) is 75.8 Å². The Hall–Kier alpha value is -6.98. The number of nitrogens with zero attached hydrogens (tertiary/aromatic N) is 8. The van der Waals surface area contributed by atoms with E-state index in [1.54, 1.807) is 48.5 Å². The van der Waals surface area contributed by atoms with Crippen LogP contribution in [-0.2, 0) is 13.1 Å². The Balaban J connectivity index is 1.73. The molecule has 4 aromatic rings. The molecular weight excluding hydrogens is 1010 g/mol. The molecule has 4 atom stereocenters. The predicted octanol–water partition coefficient (Wildman–Crippen LogP) is 13.5. The summed E-state index contributed by atoms with van der Waals surface area (Å²) in [5.41, 5.74) is 9.19. The second kappa shape index (κ2) is 32.9. The number of hydrogen-bond acceptors (Lipinski definition) is 12. The molecule has 18 heteroatoms. The van der Waals surface area contributed by atoms with Crippen LogP contribution in [0.25, 0.3) is 0 Å². The van der Waals surface area contributed by atoms with Crippen molar-refractivity contribution >= 4 is 46.4 Å². The van der Waals surface area contributed by atoms with E-state index < -0.39 is 58.9 Å². The van der Waals surface area contributed by atoms with Crippen molar-refractivity contribution in [2.75, 3.05) is 26.2 Å². The number of unbranched alkanes of at least 4 members (excludes halogenated alkanes) is 4. The molecule has 4 rings (SSSR count). The average molecular weight is 1110 g/mol. The highest BCUT2D eigenvalue weighted by Gasteiger charge is 2.28. The molecule has 0 spiro atoms. The Morgan fingerprint density at radius 1 is 0.500 bits per heavy atom. The predicted molar refractivity (Wildman–Crippen MR) is 318 cm³/mol. The van der Waals surface area contributed by atoms with Gasteiger partial charge in [-0.25, -0.2) is 0 Å². The zero-order valence-corrected chi connectivity index (χ0v) is 49.6. The number of primary amides is 2. The van der Waals surface area contributed by atoms with Crippen molar-refractivity contribution in [1.29, 1.82) is 0 Å². The van der Waals surface area contributed by atoms with Gasteiger partial charge in [0.25, 0.3) is 34.7 Å². The molecule has 0 radical (unpaired) electrons. The SMILES string of the molecule is CCCCC(CC)CN(CC(CC)CCCC)C(=O)c1cccc(N=Nc2c(C)c(C(N)=O)c(O)n(CCn3c(O)c(C(N)=O)c(C)c(N=Nc4cccc(C(=O)N(CC(CC)CCCC)CC(CC)CCCC)c4)c3=O)c2=O)c1. The number of aromatic nitrogens is 2. The fraction of sp³-hybridized carbons (Fsp3) is 0.581. The quantitative estimate of drug-likeness (QED) is 0.0321. The zero-order valence-electron chi connectivity index (χ0n) is 49.6. The molecule has 6 N–H and O–H groups in total. The average Bonchev–Trinajstić information content (AvgIpc) is 3.46. The van der Waals surface area contributed by atoms with E-state index in [9.17, 15) is 39.0 Å². The Bertz CT molecular complexity index is 2660. The topological polar surface area (TPSA) is 261 Å². The minimum atomic E-state index is -1.09. The molecule has 2 heterocycles. The van der Waals surface area contributed by atoms with Gasteiger partial charge in [-0.3, -0.25) is 37.9 Å². The lowest BCUT2D eigenvalue weighted by Gasteiger charge is -2.31. The van der Waals surface area contributed by atoms with E-state index in [4.69, 9.17) is 11.5 Å². The fourth-order valence-electron chi connectivity index (χ4n) is 10.4. The molecule has 0 aliphatic carbocycles. The van der Waals surface area contributed by atoms with E-state index in [1.165, 1.54) is 13.8 Å². The molecule has 0 fully saturated rings. The summed E-state index contributed by atoms with van der Waals surface area (Å²) in [6.07, 6.45) is 16.5. The Kier molecular flexibility index (Phi) is 27.0. The summed E-state index contributed by atoms with van der Waals surface area (Å²) in [5, 5.41) is 40.1. The number of carbonyl (C=O) groups excluding carboxylic acids is 4. The van der Waals surface area contributed by atoms with Crippen LogP contribution in [0.5, 0.6) is 11.8 Å². The smallest absolute Gasteiger partial charge is 0.281 e. The number of carbonyl (C=O) groups is 4. The largest absolute Gasteiger partial charge is 0.494 e. The van der Waals surface area contributed by atoms with E-state index in [0.717, 1.165) is 112 Å². The van der Waals surface area contributed by atoms with E-state index in [0.29, 0.717) is 61.0 Å². The second-order valence-electron chi connectivity index (χ2n) is 21.6. The molecule has 4 amide bonds. The maximum atomic E-state index is 14.4. The molecular formula is C62H92N10O8. The molecule has 0 bridgehead atoms. The van der Waals surface area contributed by atoms with Crippen molar-refractivity contribution in [2.45, 2.75) is 185 Å². The molecule has 438 valence electrons. The minimum absolute atomic E-state index is 0.0735. The maximum absolute atomic E-state index is 14.4. The van der Waals surface area contributed by atoms with Crippen LogP contribution < -0.4 is 22.6 Å². The summed E-state index contributed by atoms with van der Waals surface area (Å²) in [5.74, 6) is -2.73. The molecule has 0 aliphatic heterocycles. The zero-order chi connectivity index (χ0) is 59.1. The molecule has 0 aliphatic rings. The highest BCUT2D eigenvalue weighted by molar-refractivity contribution is 5.99. The molecule has 80 heavy (non-hydrogen) atoms. The van der Waals surface area contributed by atoms with Gasteiger partial charge in [0.05, 0.1) is 11.4 Å². The highest BCUT2D eigenvalue weighted by Crippen LogP contribution is 2.32. The van der Waals surface area contributed by atoms with E-state index in [1.807, 2.05) is 9.80 Å². The molecule has 18 nitrogen and oxygen atoms in total. The van der Waals surface area contributed by atoms with Crippen molar-refractivity contribution in [3.63, 3.8) is 0 Å². The van der Waals surface area contributed by atoms with Crippen molar-refractivity contribution in [2.24, 2.45) is 55.6 Å². The summed E-state index contributed by atoms with van der Waals surface area (Å²) >= 11 is 0. The second-order valence-corrected chi connectivity index (χ2v) is 21.6. The fourth-order valence-corrected chi connectivity index (χ4v) is 10.4. The van der Waals surface area contributed by atoms with Gasteiger partial charge in [-0.05, 0) is 99.6 Å². The lowest BCUT2D eigenvalue weighted by Crippen LogP contribution is -2.39. The summed E-state index contributed by atoms with van der Waals surface area (Å²) in [6.45, 7) is 21.4. The standard InChI is InChI=1S/C62H92N10O8/c1-11-19-25-43(15-5)37-69(38-44(16-6)26-20-12-2)57(75)47-29-23-31-49(35-47)65-67-53-41(9)51(55(63)73)59(77)71(61(53)79)33-34-72-60(78)52(56(64)74)42(10)54(62(72)80)68-66-50-32-24-30-48(36-50)58(76)70(39-45(17-7)27-21-13-3)40-46(18-8)28-22-14-4/h23-24,29-32,35-36,43-46,77-78H,11-22,25-28,33-34,37-40H2,1-10H3,(H2,63,73)(H2,64,74). The number of nitrogens with two attached hydrogens (primary N) is 2. The van der Waals surface area contributed by atoms with Crippen LogP contribution in [0.15, 0.2) is 78.6 Å². The van der Waals surface area contributed by atoms with Gasteiger partial charge in [-0.2, -0.15) is 10.2 Å². The third-order valence-electron chi connectivity index (χ3n) is 15.7. The number of benzene rings is 2. The maximum Gasteiger partial charge on any atom is 0.281 e. The monoisotopic (exact) mass is 1100 g/mol. The van der Waals surface area contributed by atoms with Gasteiger partial charge >= 0.3 is 0 Å². The van der Waals surface area contributed by atoms with Crippen LogP contribution in [-0.4, -0.2) is 79.0 Å². The number of hydrogen-bond donors (Lipinski definition) is 4. The van der Waals surface area contributed by atoms with Gasteiger partial charge in [-0.15, -0.1) is 10.2 Å². The van der Waals surface area contributed by atoms with Gasteiger partial charge in [0.1, 0.15) is 11.1 Å². The van der Waals surface area contributed by atoms with Crippen LogP contribution >= 0.6 is 0 Å². The van der Waals surface area contributed by atoms with E-state index >= 15 is 0 Å². The lowest BCUT2D eigenvalue weighted by atomic mass is 9.95. The van der Waals surface area contributed by atoms with Gasteiger partial charge in [0.15, 0.2) is 11.4 Å². The third kappa shape index (κ3) is 17.8. The van der Waals surface area contributed by atoms with Crippen molar-refractivity contribution in [1.82, 2.24) is 18.9 Å². The van der Waals surface area contributed by atoms with Gasteiger partial charge < -0.3 is 31.5 Å². The number of rotatable bonds is 35. The van der Waals surface area contributed by atoms with Gasteiger partial charge in [-0.1, -0.05) is 145 Å². The van der Waals surface area contributed by atoms with Crippen LogP contribution in [0.4, 0.5) is 22.7 Å². The summed E-state index contributed by atoms with van der Waals surface area (Å²) in [4.78, 5) is 87.1. The number of aromatic hydroxyl groups is 2. The Labute approximate surface area is 474 Å². The van der Waals surface area contributed by atoms with Crippen LogP contribution in [0.1, 0.15) is 211 Å².